The van der Waals surface area contributed by atoms with Crippen molar-refractivity contribution < 1.29 is 15.1 Å². The summed E-state index contributed by atoms with van der Waals surface area (Å²) in [4.78, 5) is 10.3. The van der Waals surface area contributed by atoms with Gasteiger partial charge in [-0.3, -0.25) is 4.79 Å². The van der Waals surface area contributed by atoms with Gasteiger partial charge in [-0.05, 0) is 6.42 Å². The highest BCUT2D eigenvalue weighted by Gasteiger charge is 2.40. The quantitative estimate of drug-likeness (QED) is 0.438. The summed E-state index contributed by atoms with van der Waals surface area (Å²) in [6, 6.07) is 0. The Hall–Kier alpha value is -1.06. The Morgan fingerprint density at radius 2 is 2.50 bits per heavy atom. The molecule has 0 aliphatic heterocycles. The second kappa shape index (κ2) is 2.28. The number of carbonyl (C=O) groups is 1. The van der Waals surface area contributed by atoms with Gasteiger partial charge in [0, 0.05) is 5.92 Å². The van der Waals surface area contributed by atoms with Gasteiger partial charge in [-0.15, -0.1) is 0 Å². The Balaban J connectivity index is 2.47. The predicted octanol–water partition coefficient (Wildman–Crippen LogP) is 0.557. The molecule has 0 amide bonds. The van der Waals surface area contributed by atoms with Gasteiger partial charge in [-0.2, -0.15) is 0 Å². The van der Waals surface area contributed by atoms with E-state index in [1.165, 1.54) is 0 Å². The molecule has 1 saturated carbocycles. The van der Waals surface area contributed by atoms with Crippen molar-refractivity contribution >= 4 is 11.7 Å². The Morgan fingerprint density at radius 3 is 2.80 bits per heavy atom. The van der Waals surface area contributed by atoms with E-state index < -0.39 is 11.9 Å². The van der Waals surface area contributed by atoms with E-state index in [2.05, 4.69) is 5.16 Å². The van der Waals surface area contributed by atoms with Crippen LogP contribution in [0.2, 0.25) is 0 Å². The first kappa shape index (κ1) is 7.05. The van der Waals surface area contributed by atoms with Crippen LogP contribution >= 0.6 is 0 Å². The van der Waals surface area contributed by atoms with Crippen molar-refractivity contribution in [3.05, 3.63) is 0 Å². The minimum Gasteiger partial charge on any atom is -0.481 e. The van der Waals surface area contributed by atoms with Crippen molar-refractivity contribution in [2.45, 2.75) is 13.3 Å². The lowest BCUT2D eigenvalue weighted by Crippen LogP contribution is -2.12. The first-order valence-corrected chi connectivity index (χ1v) is 3.10. The fraction of sp³-hybridized carbons (Fsp3) is 0.667. The van der Waals surface area contributed by atoms with E-state index in [0.29, 0.717) is 12.1 Å². The summed E-state index contributed by atoms with van der Waals surface area (Å²) in [7, 11) is 0. The molecule has 2 N–H and O–H groups in total. The number of aliphatic carboxylic acids is 1. The van der Waals surface area contributed by atoms with Gasteiger partial charge in [-0.25, -0.2) is 0 Å². The van der Waals surface area contributed by atoms with Gasteiger partial charge in [-0.1, -0.05) is 12.1 Å². The van der Waals surface area contributed by atoms with Crippen LogP contribution in [0.25, 0.3) is 0 Å². The summed E-state index contributed by atoms with van der Waals surface area (Å²) >= 11 is 0. The molecule has 1 aliphatic carbocycles. The van der Waals surface area contributed by atoms with E-state index in [9.17, 15) is 4.79 Å². The smallest absolute Gasteiger partial charge is 0.306 e. The molecule has 0 radical (unpaired) electrons. The normalized spacial score (nSPS) is 30.1. The maximum atomic E-state index is 10.3. The van der Waals surface area contributed by atoms with E-state index in [4.69, 9.17) is 10.3 Å². The highest BCUT2D eigenvalue weighted by Crippen LogP contribution is 2.33. The molecule has 1 rings (SSSR count). The SMILES string of the molecule is CC(C(=O)O)C1C/C1=N/O. The molecule has 2 unspecified atom stereocenters. The van der Waals surface area contributed by atoms with Crippen LogP contribution < -0.4 is 0 Å². The average Bonchev–Trinajstić information content (AvgIpc) is 2.64. The Morgan fingerprint density at radius 1 is 1.90 bits per heavy atom. The molecule has 56 valence electrons. The zero-order chi connectivity index (χ0) is 7.72. The summed E-state index contributed by atoms with van der Waals surface area (Å²) in [5.41, 5.74) is 0.606. The largest absolute Gasteiger partial charge is 0.481 e. The molecule has 1 fully saturated rings. The van der Waals surface area contributed by atoms with Crippen molar-refractivity contribution in [3.8, 4) is 0 Å². The maximum Gasteiger partial charge on any atom is 0.306 e. The summed E-state index contributed by atoms with van der Waals surface area (Å²) in [5.74, 6) is -1.27. The van der Waals surface area contributed by atoms with Crippen LogP contribution in [-0.2, 0) is 4.79 Å². The topological polar surface area (TPSA) is 69.9 Å². The second-order valence-corrected chi connectivity index (χ2v) is 2.53. The fourth-order valence-electron chi connectivity index (χ4n) is 0.919. The maximum absolute atomic E-state index is 10.3. The molecule has 4 heteroatoms. The lowest BCUT2D eigenvalue weighted by atomic mass is 10.1. The number of hydrogen-bond acceptors (Lipinski definition) is 3. The van der Waals surface area contributed by atoms with Crippen LogP contribution in [0.3, 0.4) is 0 Å². The molecule has 0 aromatic heterocycles. The van der Waals surface area contributed by atoms with Crippen molar-refractivity contribution in [1.82, 2.24) is 0 Å². The minimum absolute atomic E-state index is 0.0255. The van der Waals surface area contributed by atoms with Crippen molar-refractivity contribution in [2.24, 2.45) is 17.0 Å². The lowest BCUT2D eigenvalue weighted by molar-refractivity contribution is -0.141. The highest BCUT2D eigenvalue weighted by atomic mass is 16.4. The third-order valence-electron chi connectivity index (χ3n) is 1.82. The van der Waals surface area contributed by atoms with Gasteiger partial charge in [0.25, 0.3) is 0 Å². The van der Waals surface area contributed by atoms with Crippen LogP contribution in [0.1, 0.15) is 13.3 Å². The molecule has 0 saturated heterocycles. The molecule has 1 aliphatic rings. The second-order valence-electron chi connectivity index (χ2n) is 2.53. The number of oxime groups is 1. The number of hydrogen-bond donors (Lipinski definition) is 2. The fourth-order valence-corrected chi connectivity index (χ4v) is 0.919. The van der Waals surface area contributed by atoms with Crippen molar-refractivity contribution in [3.63, 3.8) is 0 Å². The third-order valence-corrected chi connectivity index (χ3v) is 1.82. The predicted molar refractivity (Wildman–Crippen MR) is 34.1 cm³/mol. The number of nitrogens with zero attached hydrogens (tertiary/aromatic N) is 1. The van der Waals surface area contributed by atoms with Gasteiger partial charge in [0.2, 0.25) is 0 Å². The number of rotatable bonds is 2. The zero-order valence-electron chi connectivity index (χ0n) is 5.61. The molecule has 0 aromatic carbocycles. The Labute approximate surface area is 58.2 Å². The molecule has 4 nitrogen and oxygen atoms in total. The van der Waals surface area contributed by atoms with Gasteiger partial charge >= 0.3 is 5.97 Å². The van der Waals surface area contributed by atoms with E-state index in [1.54, 1.807) is 6.92 Å². The Bertz CT molecular complexity index is 187. The standard InChI is InChI=1S/C6H9NO3/c1-3(6(8)9)4-2-5(4)7-10/h3-4,10H,2H2,1H3,(H,8,9)/b7-5-. The number of carboxylic acids is 1. The van der Waals surface area contributed by atoms with E-state index in [0.717, 1.165) is 0 Å². The van der Waals surface area contributed by atoms with Gasteiger partial charge in [0.1, 0.15) is 0 Å². The Kier molecular flexibility index (Phi) is 1.61. The first-order valence-electron chi connectivity index (χ1n) is 3.10. The molecule has 0 heterocycles. The van der Waals surface area contributed by atoms with Gasteiger partial charge in [0.15, 0.2) is 0 Å². The van der Waals surface area contributed by atoms with Crippen LogP contribution in [-0.4, -0.2) is 22.0 Å². The lowest BCUT2D eigenvalue weighted by Gasteiger charge is -1.98. The molecule has 0 bridgehead atoms. The molecule has 0 spiro atoms. The highest BCUT2D eigenvalue weighted by molar-refractivity contribution is 6.03. The van der Waals surface area contributed by atoms with Crippen LogP contribution in [0.5, 0.6) is 0 Å². The molecule has 10 heavy (non-hydrogen) atoms. The first-order chi connectivity index (χ1) is 4.66. The van der Waals surface area contributed by atoms with Gasteiger partial charge < -0.3 is 10.3 Å². The molecular weight excluding hydrogens is 134 g/mol. The summed E-state index contributed by atoms with van der Waals surface area (Å²) in [5, 5.41) is 19.6. The molecule has 0 aromatic rings. The molecular formula is C6H9NO3. The van der Waals surface area contributed by atoms with Crippen LogP contribution in [0.4, 0.5) is 0 Å². The summed E-state index contributed by atoms with van der Waals surface area (Å²) in [6.45, 7) is 1.62. The van der Waals surface area contributed by atoms with E-state index in [1.807, 2.05) is 0 Å². The molecule has 2 atom stereocenters. The van der Waals surface area contributed by atoms with E-state index in [-0.39, 0.29) is 5.92 Å². The zero-order valence-corrected chi connectivity index (χ0v) is 5.61. The van der Waals surface area contributed by atoms with E-state index >= 15 is 0 Å². The third kappa shape index (κ3) is 1.10. The minimum atomic E-state index is -0.830. The monoisotopic (exact) mass is 143 g/mol. The van der Waals surface area contributed by atoms with Crippen LogP contribution in [0.15, 0.2) is 5.16 Å². The van der Waals surface area contributed by atoms with Crippen LogP contribution in [0, 0.1) is 11.8 Å². The van der Waals surface area contributed by atoms with Crippen molar-refractivity contribution in [1.29, 1.82) is 0 Å². The summed E-state index contributed by atoms with van der Waals surface area (Å²) in [6.07, 6.45) is 0.629. The van der Waals surface area contributed by atoms with Crippen molar-refractivity contribution in [2.75, 3.05) is 0 Å². The summed E-state index contributed by atoms with van der Waals surface area (Å²) < 4.78 is 0. The average molecular weight is 143 g/mol. The number of carboxylic acid groups (broad SMARTS) is 1. The van der Waals surface area contributed by atoms with Gasteiger partial charge in [0.05, 0.1) is 11.6 Å².